The summed E-state index contributed by atoms with van der Waals surface area (Å²) in [6.45, 7) is 0. The van der Waals surface area contributed by atoms with Crippen LogP contribution < -0.4 is 0 Å². The van der Waals surface area contributed by atoms with Crippen molar-refractivity contribution in [1.82, 2.24) is 0 Å². The summed E-state index contributed by atoms with van der Waals surface area (Å²) in [4.78, 5) is 0. The Labute approximate surface area is 239 Å². The SMILES string of the molecule is Brc1ccc2sc3cc(-c4ccc5c(c4)-c4ccccc4C54c5ccccc5-c5ccccc54)ccc3c2c1. The third-order valence-corrected chi connectivity index (χ3v) is 10.4. The second kappa shape index (κ2) is 7.79. The minimum absolute atomic E-state index is 0.277. The van der Waals surface area contributed by atoms with E-state index in [0.29, 0.717) is 0 Å². The van der Waals surface area contributed by atoms with Crippen molar-refractivity contribution in [2.45, 2.75) is 5.41 Å². The summed E-state index contributed by atoms with van der Waals surface area (Å²) in [7, 11) is 0. The van der Waals surface area contributed by atoms with Gasteiger partial charge in [0.25, 0.3) is 0 Å². The van der Waals surface area contributed by atoms with E-state index in [0.717, 1.165) is 4.47 Å². The van der Waals surface area contributed by atoms with Gasteiger partial charge >= 0.3 is 0 Å². The summed E-state index contributed by atoms with van der Waals surface area (Å²) in [5.41, 5.74) is 13.2. The third-order valence-electron chi connectivity index (χ3n) is 8.76. The molecule has 0 saturated heterocycles. The van der Waals surface area contributed by atoms with E-state index < -0.39 is 0 Å². The number of halogens is 1. The van der Waals surface area contributed by atoms with Gasteiger partial charge in [0.2, 0.25) is 0 Å². The Morgan fingerprint density at radius 2 is 1.00 bits per heavy atom. The molecule has 0 N–H and O–H groups in total. The molecule has 2 heteroatoms. The normalized spacial score (nSPS) is 14.0. The van der Waals surface area contributed by atoms with Crippen molar-refractivity contribution in [2.75, 3.05) is 0 Å². The molecule has 1 heterocycles. The van der Waals surface area contributed by atoms with Crippen LogP contribution in [0.25, 0.3) is 53.6 Å². The molecule has 0 nitrogen and oxygen atoms in total. The van der Waals surface area contributed by atoms with Crippen LogP contribution in [0.1, 0.15) is 22.3 Å². The Balaban J connectivity index is 1.30. The number of rotatable bonds is 1. The van der Waals surface area contributed by atoms with Gasteiger partial charge in [0.1, 0.15) is 0 Å². The zero-order valence-electron chi connectivity index (χ0n) is 20.9. The van der Waals surface area contributed by atoms with E-state index in [2.05, 4.69) is 143 Å². The minimum Gasteiger partial charge on any atom is -0.135 e. The van der Waals surface area contributed by atoms with Gasteiger partial charge in [-0.1, -0.05) is 113 Å². The fraction of sp³-hybridized carbons (Fsp3) is 0.0270. The lowest BCUT2D eigenvalue weighted by molar-refractivity contribution is 0.794. The first-order valence-corrected chi connectivity index (χ1v) is 14.9. The second-order valence-corrected chi connectivity index (χ2v) is 12.6. The Kier molecular flexibility index (Phi) is 4.37. The summed E-state index contributed by atoms with van der Waals surface area (Å²) in [5.74, 6) is 0. The van der Waals surface area contributed by atoms with Crippen LogP contribution in [0.15, 0.2) is 132 Å². The third kappa shape index (κ3) is 2.78. The van der Waals surface area contributed by atoms with Gasteiger partial charge in [-0.05, 0) is 86.0 Å². The lowest BCUT2D eigenvalue weighted by Crippen LogP contribution is -2.25. The van der Waals surface area contributed by atoms with E-state index in [1.54, 1.807) is 0 Å². The van der Waals surface area contributed by atoms with Crippen LogP contribution in [0.2, 0.25) is 0 Å². The van der Waals surface area contributed by atoms with Gasteiger partial charge in [-0.25, -0.2) is 0 Å². The fourth-order valence-corrected chi connectivity index (χ4v) is 8.69. The quantitative estimate of drug-likeness (QED) is 0.182. The van der Waals surface area contributed by atoms with Crippen molar-refractivity contribution in [1.29, 1.82) is 0 Å². The predicted octanol–water partition coefficient (Wildman–Crippen LogP) is 10.8. The molecule has 0 aliphatic heterocycles. The van der Waals surface area contributed by atoms with Crippen LogP contribution >= 0.6 is 27.3 Å². The summed E-state index contributed by atoms with van der Waals surface area (Å²) < 4.78 is 3.78. The van der Waals surface area contributed by atoms with Crippen LogP contribution in [0.5, 0.6) is 0 Å². The Bertz CT molecular complexity index is 2100. The van der Waals surface area contributed by atoms with Gasteiger partial charge in [-0.2, -0.15) is 0 Å². The molecule has 0 radical (unpaired) electrons. The van der Waals surface area contributed by atoms with Crippen LogP contribution in [0.3, 0.4) is 0 Å². The van der Waals surface area contributed by atoms with Crippen molar-refractivity contribution in [3.8, 4) is 33.4 Å². The summed E-state index contributed by atoms with van der Waals surface area (Å²) in [5, 5.41) is 2.64. The molecule has 0 fully saturated rings. The van der Waals surface area contributed by atoms with Gasteiger partial charge < -0.3 is 0 Å². The monoisotopic (exact) mass is 576 g/mol. The molecule has 1 aromatic heterocycles. The van der Waals surface area contributed by atoms with Crippen LogP contribution in [0.4, 0.5) is 0 Å². The van der Waals surface area contributed by atoms with Crippen molar-refractivity contribution in [2.24, 2.45) is 0 Å². The molecule has 0 atom stereocenters. The molecular weight excluding hydrogens is 556 g/mol. The molecule has 0 unspecified atom stereocenters. The first kappa shape index (κ1) is 21.9. The molecule has 0 bridgehead atoms. The molecule has 0 amide bonds. The van der Waals surface area contributed by atoms with E-state index in [-0.39, 0.29) is 5.41 Å². The predicted molar refractivity (Wildman–Crippen MR) is 169 cm³/mol. The molecular formula is C37H21BrS. The van der Waals surface area contributed by atoms with E-state index in [4.69, 9.17) is 0 Å². The van der Waals surface area contributed by atoms with E-state index >= 15 is 0 Å². The average molecular weight is 578 g/mol. The molecule has 2 aliphatic rings. The van der Waals surface area contributed by atoms with Crippen LogP contribution in [-0.4, -0.2) is 0 Å². The van der Waals surface area contributed by atoms with Crippen LogP contribution in [0, 0.1) is 0 Å². The van der Waals surface area contributed by atoms with Crippen molar-refractivity contribution >= 4 is 47.4 Å². The first-order valence-electron chi connectivity index (χ1n) is 13.3. The largest absolute Gasteiger partial charge is 0.135 e. The van der Waals surface area contributed by atoms with Gasteiger partial charge in [-0.15, -0.1) is 11.3 Å². The number of benzene rings is 6. The Morgan fingerprint density at radius 1 is 0.436 bits per heavy atom. The first-order chi connectivity index (χ1) is 19.2. The molecule has 182 valence electrons. The molecule has 0 saturated carbocycles. The van der Waals surface area contributed by atoms with Gasteiger partial charge in [0.05, 0.1) is 5.41 Å². The maximum Gasteiger partial charge on any atom is 0.0725 e. The van der Waals surface area contributed by atoms with Crippen molar-refractivity contribution < 1.29 is 0 Å². The Hall–Kier alpha value is -3.98. The summed E-state index contributed by atoms with van der Waals surface area (Å²) in [6.07, 6.45) is 0. The van der Waals surface area contributed by atoms with E-state index in [1.807, 2.05) is 11.3 Å². The maximum absolute atomic E-state index is 3.65. The van der Waals surface area contributed by atoms with Crippen molar-refractivity contribution in [3.05, 3.63) is 154 Å². The van der Waals surface area contributed by atoms with Gasteiger partial charge in [0, 0.05) is 24.6 Å². The highest BCUT2D eigenvalue weighted by atomic mass is 79.9. The van der Waals surface area contributed by atoms with E-state index in [9.17, 15) is 0 Å². The molecule has 2 aliphatic carbocycles. The standard InChI is InChI=1S/C37H21BrS/c38-24-15-18-35-30(21-24)28-16-13-23(20-36(28)39-35)22-14-17-34-29(19-22)27-9-3-6-12-33(27)37(34)31-10-4-1-7-25(31)26-8-2-5-11-32(26)37/h1-21H. The highest BCUT2D eigenvalue weighted by molar-refractivity contribution is 9.10. The average Bonchev–Trinajstić information content (AvgIpc) is 3.60. The molecule has 6 aromatic carbocycles. The van der Waals surface area contributed by atoms with Gasteiger partial charge in [0.15, 0.2) is 0 Å². The van der Waals surface area contributed by atoms with Crippen LogP contribution in [-0.2, 0) is 5.41 Å². The smallest absolute Gasteiger partial charge is 0.0725 e. The summed E-state index contributed by atoms with van der Waals surface area (Å²) >= 11 is 5.52. The number of hydrogen-bond acceptors (Lipinski definition) is 1. The van der Waals surface area contributed by atoms with E-state index in [1.165, 1.54) is 75.8 Å². The number of hydrogen-bond donors (Lipinski definition) is 0. The van der Waals surface area contributed by atoms with Crippen molar-refractivity contribution in [3.63, 3.8) is 0 Å². The lowest BCUT2D eigenvalue weighted by atomic mass is 9.70. The molecule has 39 heavy (non-hydrogen) atoms. The highest BCUT2D eigenvalue weighted by Crippen LogP contribution is 2.62. The molecule has 7 aromatic rings. The Morgan fingerprint density at radius 3 is 1.69 bits per heavy atom. The van der Waals surface area contributed by atoms with Gasteiger partial charge in [-0.3, -0.25) is 0 Å². The second-order valence-electron chi connectivity index (χ2n) is 10.6. The number of fused-ring (bicyclic) bond motifs is 13. The topological polar surface area (TPSA) is 0 Å². The maximum atomic E-state index is 3.65. The summed E-state index contributed by atoms with van der Waals surface area (Å²) in [6, 6.07) is 47.7. The number of thiophene rings is 1. The zero-order chi connectivity index (χ0) is 25.7. The fourth-order valence-electron chi connectivity index (χ4n) is 7.21. The zero-order valence-corrected chi connectivity index (χ0v) is 23.3. The minimum atomic E-state index is -0.277. The highest BCUT2D eigenvalue weighted by Gasteiger charge is 2.51. The molecule has 1 spiro atoms. The lowest BCUT2D eigenvalue weighted by Gasteiger charge is -2.30. The molecule has 9 rings (SSSR count).